The predicted molar refractivity (Wildman–Crippen MR) is 111 cm³/mol. The molecular formula is C20H25N3O6S. The fraction of sp³-hybridized carbons (Fsp3) is 0.400. The second-order valence-corrected chi connectivity index (χ2v) is 8.95. The molecule has 0 radical (unpaired) electrons. The number of benzene rings is 1. The molecule has 10 heteroatoms. The second-order valence-electron chi connectivity index (χ2n) is 7.01. The molecule has 9 nitrogen and oxygen atoms in total. The number of aryl methyl sites for hydroxylation is 1. The zero-order valence-electron chi connectivity index (χ0n) is 17.4. The predicted octanol–water partition coefficient (Wildman–Crippen LogP) is 2.12. The number of carbonyl (C=O) groups is 2. The minimum Gasteiger partial charge on any atom is -0.495 e. The molecule has 1 aromatic heterocycles. The van der Waals surface area contributed by atoms with Crippen molar-refractivity contribution in [3.05, 3.63) is 40.7 Å². The first-order valence-electron chi connectivity index (χ1n) is 9.44. The normalized spacial score (nSPS) is 15.1. The lowest BCUT2D eigenvalue weighted by Crippen LogP contribution is -2.40. The van der Waals surface area contributed by atoms with Crippen LogP contribution >= 0.6 is 0 Å². The number of nitrogens with one attached hydrogen (secondary N) is 2. The largest absolute Gasteiger partial charge is 0.495 e. The quantitative estimate of drug-likeness (QED) is 0.671. The first-order valence-corrected chi connectivity index (χ1v) is 10.9. The van der Waals surface area contributed by atoms with Crippen molar-refractivity contribution in [1.29, 1.82) is 0 Å². The molecular weight excluding hydrogens is 410 g/mol. The van der Waals surface area contributed by atoms with E-state index in [-0.39, 0.29) is 35.1 Å². The number of aromatic amines is 1. The van der Waals surface area contributed by atoms with Crippen molar-refractivity contribution in [2.24, 2.45) is 0 Å². The summed E-state index contributed by atoms with van der Waals surface area (Å²) in [5, 5.41) is 2.70. The van der Waals surface area contributed by atoms with Crippen LogP contribution in [-0.2, 0) is 14.8 Å². The summed E-state index contributed by atoms with van der Waals surface area (Å²) in [7, 11) is -2.31. The Morgan fingerprint density at radius 2 is 1.87 bits per heavy atom. The van der Waals surface area contributed by atoms with Gasteiger partial charge in [-0.15, -0.1) is 0 Å². The number of carbonyl (C=O) groups excluding carboxylic acids is 2. The molecule has 2 aromatic rings. The molecule has 0 atom stereocenters. The van der Waals surface area contributed by atoms with Crippen molar-refractivity contribution < 1.29 is 27.5 Å². The number of amides is 1. The Kier molecular flexibility index (Phi) is 6.30. The first-order chi connectivity index (χ1) is 14.2. The van der Waals surface area contributed by atoms with Gasteiger partial charge in [-0.2, -0.15) is 4.31 Å². The van der Waals surface area contributed by atoms with Crippen LogP contribution in [0.4, 0.5) is 5.69 Å². The van der Waals surface area contributed by atoms with E-state index in [9.17, 15) is 18.0 Å². The van der Waals surface area contributed by atoms with Gasteiger partial charge < -0.3 is 19.8 Å². The van der Waals surface area contributed by atoms with Crippen LogP contribution in [0.1, 0.15) is 39.0 Å². The summed E-state index contributed by atoms with van der Waals surface area (Å²) < 4.78 is 37.7. The number of Topliss-reactive ketones (excluding diaryl/α,β-unsaturated/α-hetero) is 1. The highest BCUT2D eigenvalue weighted by Crippen LogP contribution is 2.30. The highest BCUT2D eigenvalue weighted by molar-refractivity contribution is 7.89. The second kappa shape index (κ2) is 8.58. The molecule has 30 heavy (non-hydrogen) atoms. The number of hydrogen-bond acceptors (Lipinski definition) is 6. The van der Waals surface area contributed by atoms with Crippen LogP contribution in [0.3, 0.4) is 0 Å². The number of hydrogen-bond donors (Lipinski definition) is 2. The van der Waals surface area contributed by atoms with E-state index in [1.54, 1.807) is 13.8 Å². The van der Waals surface area contributed by atoms with Crippen molar-refractivity contribution >= 4 is 27.4 Å². The molecule has 0 aliphatic carbocycles. The van der Waals surface area contributed by atoms with Gasteiger partial charge in [0.05, 0.1) is 30.9 Å². The minimum atomic E-state index is -3.74. The number of anilines is 1. The van der Waals surface area contributed by atoms with Gasteiger partial charge in [-0.3, -0.25) is 9.59 Å². The fourth-order valence-electron chi connectivity index (χ4n) is 3.57. The molecule has 162 valence electrons. The number of H-pyrrole nitrogens is 1. The lowest BCUT2D eigenvalue weighted by atomic mass is 10.1. The third kappa shape index (κ3) is 4.11. The zero-order valence-corrected chi connectivity index (χ0v) is 18.2. The molecule has 1 aliphatic rings. The van der Waals surface area contributed by atoms with Crippen LogP contribution < -0.4 is 10.1 Å². The third-order valence-corrected chi connectivity index (χ3v) is 6.94. The maximum atomic E-state index is 12.9. The number of rotatable bonds is 6. The summed E-state index contributed by atoms with van der Waals surface area (Å²) in [6, 6.07) is 4.31. The maximum absolute atomic E-state index is 12.9. The molecule has 0 bridgehead atoms. The lowest BCUT2D eigenvalue weighted by molar-refractivity contribution is 0.0730. The van der Waals surface area contributed by atoms with Crippen LogP contribution in [0.5, 0.6) is 5.75 Å². The Balaban J connectivity index is 1.94. The molecule has 1 aliphatic heterocycles. The van der Waals surface area contributed by atoms with Crippen LogP contribution in [0.25, 0.3) is 0 Å². The van der Waals surface area contributed by atoms with Gasteiger partial charge in [0.1, 0.15) is 11.4 Å². The average molecular weight is 436 g/mol. The van der Waals surface area contributed by atoms with Crippen LogP contribution in [0.15, 0.2) is 23.1 Å². The van der Waals surface area contributed by atoms with Gasteiger partial charge in [-0.1, -0.05) is 0 Å². The van der Waals surface area contributed by atoms with E-state index >= 15 is 0 Å². The first kappa shape index (κ1) is 22.0. The maximum Gasteiger partial charge on any atom is 0.272 e. The summed E-state index contributed by atoms with van der Waals surface area (Å²) >= 11 is 0. The van der Waals surface area contributed by atoms with Gasteiger partial charge in [0.25, 0.3) is 5.91 Å². The van der Waals surface area contributed by atoms with Gasteiger partial charge in [0, 0.05) is 24.3 Å². The van der Waals surface area contributed by atoms with E-state index in [1.165, 1.54) is 36.5 Å². The Hall–Kier alpha value is -2.69. The summed E-state index contributed by atoms with van der Waals surface area (Å²) in [6.07, 6.45) is 0. The standard InChI is InChI=1S/C20H25N3O6S/c1-12-18(14(3)24)13(2)21-19(12)20(25)22-16-11-15(5-6-17(16)28-4)30(26,27)23-7-9-29-10-8-23/h5-6,11,21H,7-10H2,1-4H3,(H,22,25). The summed E-state index contributed by atoms with van der Waals surface area (Å²) in [5.74, 6) is -0.323. The van der Waals surface area contributed by atoms with Gasteiger partial charge in [0.2, 0.25) is 10.0 Å². The highest BCUT2D eigenvalue weighted by atomic mass is 32.2. The highest BCUT2D eigenvalue weighted by Gasteiger charge is 2.28. The molecule has 1 amide bonds. The van der Waals surface area contributed by atoms with E-state index in [0.29, 0.717) is 35.8 Å². The van der Waals surface area contributed by atoms with Crippen molar-refractivity contribution in [2.45, 2.75) is 25.7 Å². The van der Waals surface area contributed by atoms with E-state index in [0.717, 1.165) is 0 Å². The van der Waals surface area contributed by atoms with E-state index in [4.69, 9.17) is 9.47 Å². The fourth-order valence-corrected chi connectivity index (χ4v) is 5.01. The zero-order chi connectivity index (χ0) is 22.1. The summed E-state index contributed by atoms with van der Waals surface area (Å²) in [6.45, 7) is 6.05. The smallest absolute Gasteiger partial charge is 0.272 e. The van der Waals surface area contributed by atoms with Crippen molar-refractivity contribution in [3.63, 3.8) is 0 Å². The number of ketones is 1. The summed E-state index contributed by atoms with van der Waals surface area (Å²) in [5.41, 5.74) is 2.05. The number of sulfonamides is 1. The van der Waals surface area contributed by atoms with Crippen molar-refractivity contribution in [1.82, 2.24) is 9.29 Å². The van der Waals surface area contributed by atoms with Crippen LogP contribution in [0.2, 0.25) is 0 Å². The van der Waals surface area contributed by atoms with Crippen molar-refractivity contribution in [3.8, 4) is 5.75 Å². The van der Waals surface area contributed by atoms with E-state index < -0.39 is 15.9 Å². The molecule has 1 saturated heterocycles. The third-order valence-electron chi connectivity index (χ3n) is 5.04. The van der Waals surface area contributed by atoms with E-state index in [1.807, 2.05) is 0 Å². The molecule has 0 spiro atoms. The molecule has 0 saturated carbocycles. The Labute approximate surface area is 175 Å². The molecule has 2 N–H and O–H groups in total. The lowest BCUT2D eigenvalue weighted by Gasteiger charge is -2.26. The SMILES string of the molecule is COc1ccc(S(=O)(=O)N2CCOCC2)cc1NC(=O)c1[nH]c(C)c(C(C)=O)c1C. The molecule has 0 unspecified atom stereocenters. The molecule has 3 rings (SSSR count). The summed E-state index contributed by atoms with van der Waals surface area (Å²) in [4.78, 5) is 27.7. The molecule has 1 aromatic carbocycles. The number of methoxy groups -OCH3 is 1. The Morgan fingerprint density at radius 1 is 1.20 bits per heavy atom. The van der Waals surface area contributed by atoms with Gasteiger partial charge >= 0.3 is 0 Å². The van der Waals surface area contributed by atoms with Gasteiger partial charge in [-0.05, 0) is 44.5 Å². The number of nitrogens with zero attached hydrogens (tertiary/aromatic N) is 1. The van der Waals surface area contributed by atoms with E-state index in [2.05, 4.69) is 10.3 Å². The number of aromatic nitrogens is 1. The van der Waals surface area contributed by atoms with Crippen LogP contribution in [-0.4, -0.2) is 62.8 Å². The molecule has 1 fully saturated rings. The number of morpholine rings is 1. The number of ether oxygens (including phenoxy) is 2. The molecule has 2 heterocycles. The monoisotopic (exact) mass is 435 g/mol. The van der Waals surface area contributed by atoms with Crippen molar-refractivity contribution in [2.75, 3.05) is 38.7 Å². The van der Waals surface area contributed by atoms with Gasteiger partial charge in [-0.25, -0.2) is 8.42 Å². The van der Waals surface area contributed by atoms with Gasteiger partial charge in [0.15, 0.2) is 5.78 Å². The average Bonchev–Trinajstić information content (AvgIpc) is 3.02. The minimum absolute atomic E-state index is 0.0457. The van der Waals surface area contributed by atoms with Crippen LogP contribution in [0, 0.1) is 13.8 Å². The topological polar surface area (TPSA) is 118 Å². The Morgan fingerprint density at radius 3 is 2.43 bits per heavy atom. The Bertz CT molecular complexity index is 1080.